The topological polar surface area (TPSA) is 40.9 Å². The van der Waals surface area contributed by atoms with Gasteiger partial charge in [0, 0.05) is 15.4 Å². The molecule has 0 aliphatic carbocycles. The van der Waals surface area contributed by atoms with Gasteiger partial charge in [0.25, 0.3) is 0 Å². The van der Waals surface area contributed by atoms with Crippen LogP contribution in [0.15, 0.2) is 54.6 Å². The van der Waals surface area contributed by atoms with E-state index in [0.29, 0.717) is 6.42 Å². The van der Waals surface area contributed by atoms with Crippen LogP contribution in [-0.4, -0.2) is 15.4 Å². The normalized spacial score (nSPS) is 8.44. The van der Waals surface area contributed by atoms with Crippen LogP contribution in [0.4, 0.5) is 0 Å². The molecule has 25 heavy (non-hydrogen) atoms. The molecule has 132 valence electrons. The number of nitrogens with one attached hydrogen (secondary N) is 1. The largest absolute Gasteiger partial charge is 4.00 e. The number of rotatable bonds is 2. The van der Waals surface area contributed by atoms with Gasteiger partial charge in [-0.25, -0.2) is 0 Å². The average molecular weight is 428 g/mol. The van der Waals surface area contributed by atoms with Crippen molar-refractivity contribution in [2.75, 3.05) is 0 Å². The average Bonchev–Trinajstić information content (AvgIpc) is 2.87. The molecule has 0 saturated heterocycles. The predicted octanol–water partition coefficient (Wildman–Crippen LogP) is -0.130. The molecule has 0 heterocycles. The Morgan fingerprint density at radius 2 is 1.32 bits per heavy atom. The van der Waals surface area contributed by atoms with Crippen molar-refractivity contribution in [3.63, 3.8) is 0 Å². The molecule has 0 aliphatic heterocycles. The van der Waals surface area contributed by atoms with Crippen molar-refractivity contribution in [1.82, 2.24) is 0 Å². The minimum Gasteiger partial charge on any atom is -1.00 e. The van der Waals surface area contributed by atoms with E-state index in [1.807, 2.05) is 6.92 Å². The Labute approximate surface area is 180 Å². The van der Waals surface area contributed by atoms with Gasteiger partial charge in [0.15, 0.2) is 0 Å². The van der Waals surface area contributed by atoms with E-state index in [0.717, 1.165) is 15.9 Å². The third kappa shape index (κ3) is 10.1. The van der Waals surface area contributed by atoms with E-state index in [1.165, 1.54) is 21.5 Å². The Bertz CT molecular complexity index is 668. The Balaban J connectivity index is -0.000000353. The molecule has 1 amide bonds. The van der Waals surface area contributed by atoms with Gasteiger partial charge in [-0.1, -0.05) is 62.8 Å². The van der Waals surface area contributed by atoms with Crippen LogP contribution in [0.1, 0.15) is 19.8 Å². The second kappa shape index (κ2) is 16.7. The van der Waals surface area contributed by atoms with Crippen LogP contribution in [0.3, 0.4) is 0 Å². The van der Waals surface area contributed by atoms with Crippen molar-refractivity contribution in [2.45, 2.75) is 32.9 Å². The van der Waals surface area contributed by atoms with Gasteiger partial charge < -0.3 is 35.3 Å². The van der Waals surface area contributed by atoms with Crippen LogP contribution >= 0.6 is 0 Å². The molecular formula is C19H23Cl2NOSiTi. The summed E-state index contributed by atoms with van der Waals surface area (Å²) in [6, 6.07) is 19.3. The van der Waals surface area contributed by atoms with Crippen molar-refractivity contribution in [3.05, 3.63) is 60.3 Å². The zero-order valence-corrected chi connectivity index (χ0v) is 18.8. The molecule has 3 aromatic carbocycles. The van der Waals surface area contributed by atoms with Crippen molar-refractivity contribution in [3.8, 4) is 0 Å². The first-order chi connectivity index (χ1) is 10.6. The predicted molar refractivity (Wildman–Crippen MR) is 98.8 cm³/mol. The maximum atomic E-state index is 9.71. The van der Waals surface area contributed by atoms with Gasteiger partial charge in [-0.3, -0.25) is 0 Å². The first kappa shape index (κ1) is 29.1. The van der Waals surface area contributed by atoms with Crippen molar-refractivity contribution in [2.24, 2.45) is 0 Å². The van der Waals surface area contributed by atoms with E-state index < -0.39 is 5.91 Å². The molecule has 3 rings (SSSR count). The van der Waals surface area contributed by atoms with Crippen LogP contribution in [0.5, 0.6) is 0 Å². The molecular weight excluding hydrogens is 405 g/mol. The van der Waals surface area contributed by atoms with E-state index in [1.54, 1.807) is 0 Å². The quantitative estimate of drug-likeness (QED) is 0.414. The number of benzene rings is 2. The summed E-state index contributed by atoms with van der Waals surface area (Å²) in [6.45, 7) is 6.19. The van der Waals surface area contributed by atoms with Crippen LogP contribution in [-0.2, 0) is 26.5 Å². The van der Waals surface area contributed by atoms with Gasteiger partial charge in [-0.2, -0.15) is 0 Å². The molecule has 3 aromatic rings. The molecule has 6 heteroatoms. The van der Waals surface area contributed by atoms with Crippen molar-refractivity contribution in [1.29, 1.82) is 0 Å². The molecule has 1 N–H and O–H groups in total. The fourth-order valence-corrected chi connectivity index (χ4v) is 2.13. The summed E-state index contributed by atoms with van der Waals surface area (Å²) in [5.41, 5.74) is 6.34. The minimum absolute atomic E-state index is 0. The van der Waals surface area contributed by atoms with E-state index >= 15 is 0 Å². The SMILES string of the molecule is CCCC([NH-])=O.C[Si]C.[Cl-].[Cl-].[Ti+4].c1ccc2c(c1)[cH-]c1ccccc12. The van der Waals surface area contributed by atoms with Crippen LogP contribution in [0.25, 0.3) is 27.3 Å². The van der Waals surface area contributed by atoms with E-state index in [-0.39, 0.29) is 46.5 Å². The molecule has 0 fully saturated rings. The van der Waals surface area contributed by atoms with E-state index in [4.69, 9.17) is 5.73 Å². The number of hydrogen-bond donors (Lipinski definition) is 0. The van der Waals surface area contributed by atoms with Crippen LogP contribution in [0.2, 0.25) is 13.1 Å². The number of carbonyl (C=O) groups excluding carboxylic acids is 1. The second-order valence-corrected chi connectivity index (χ2v) is 5.99. The third-order valence-electron chi connectivity index (χ3n) is 3.00. The third-order valence-corrected chi connectivity index (χ3v) is 3.00. The van der Waals surface area contributed by atoms with Crippen molar-refractivity contribution < 1.29 is 51.3 Å². The van der Waals surface area contributed by atoms with Crippen molar-refractivity contribution >= 4 is 37.0 Å². The molecule has 2 nitrogen and oxygen atoms in total. The van der Waals surface area contributed by atoms with Gasteiger partial charge in [0.1, 0.15) is 0 Å². The Kier molecular flexibility index (Phi) is 19.5. The molecule has 0 aromatic heterocycles. The zero-order valence-electron chi connectivity index (χ0n) is 14.8. The zero-order chi connectivity index (χ0) is 16.4. The fraction of sp³-hybridized carbons (Fsp3) is 0.263. The summed E-state index contributed by atoms with van der Waals surface area (Å²) in [5.74, 6) is -0.461. The fourth-order valence-electron chi connectivity index (χ4n) is 2.13. The van der Waals surface area contributed by atoms with Crippen LogP contribution < -0.4 is 24.8 Å². The number of amides is 1. The summed E-state index contributed by atoms with van der Waals surface area (Å²) in [5, 5.41) is 5.39. The van der Waals surface area contributed by atoms with E-state index in [9.17, 15) is 4.79 Å². The smallest absolute Gasteiger partial charge is 1.00 e. The molecule has 0 spiro atoms. The van der Waals surface area contributed by atoms with Gasteiger partial charge >= 0.3 is 21.7 Å². The minimum atomic E-state index is -0.461. The summed E-state index contributed by atoms with van der Waals surface area (Å²) in [4.78, 5) is 9.71. The maximum Gasteiger partial charge on any atom is 4.00 e. The molecule has 0 saturated carbocycles. The first-order valence-corrected chi connectivity index (χ1v) is 9.50. The Morgan fingerprint density at radius 1 is 0.960 bits per heavy atom. The maximum absolute atomic E-state index is 9.71. The summed E-state index contributed by atoms with van der Waals surface area (Å²) in [7, 11) is 1.08. The van der Waals surface area contributed by atoms with Gasteiger partial charge in [0.2, 0.25) is 0 Å². The molecule has 2 radical (unpaired) electrons. The molecule has 0 bridgehead atoms. The summed E-state index contributed by atoms with van der Waals surface area (Å²) >= 11 is 0. The number of hydrogen-bond acceptors (Lipinski definition) is 1. The van der Waals surface area contributed by atoms with E-state index in [2.05, 4.69) is 67.7 Å². The standard InChI is InChI=1S/C13H9.C4H9NO.C2H6Si.2ClH.Ti/c1-3-7-12-10(5-1)9-11-6-2-4-8-13(11)12;1-2-3-4(5)6;1-3-2;;;/h1-9H;2-3H2,1H3,(H2,5,6);1-2H3;2*1H;/q-1;;;;;+4/p-3. The number of fused-ring (bicyclic) bond motifs is 3. The summed E-state index contributed by atoms with van der Waals surface area (Å²) in [6.07, 6.45) is 1.20. The molecule has 0 unspecified atom stereocenters. The summed E-state index contributed by atoms with van der Waals surface area (Å²) < 4.78 is 0. The second-order valence-electron chi connectivity index (χ2n) is 4.99. The first-order valence-electron chi connectivity index (χ1n) is 7.50. The Morgan fingerprint density at radius 3 is 1.60 bits per heavy atom. The van der Waals surface area contributed by atoms with Gasteiger partial charge in [-0.15, -0.1) is 39.7 Å². The van der Waals surface area contributed by atoms with Crippen LogP contribution in [0, 0.1) is 0 Å². The molecule has 0 aliphatic rings. The molecule has 0 atom stereocenters. The van der Waals surface area contributed by atoms with Gasteiger partial charge in [-0.05, 0) is 6.42 Å². The van der Waals surface area contributed by atoms with Gasteiger partial charge in [0.05, 0.1) is 0 Å². The Hall–Kier alpha value is -0.709. The number of halogens is 2. The number of carbonyl (C=O) groups is 1. The monoisotopic (exact) mass is 427 g/mol.